The molecule has 7 nitrogen and oxygen atoms in total. The lowest BCUT2D eigenvalue weighted by Gasteiger charge is -2.15. The monoisotopic (exact) mass is 282 g/mol. The van der Waals surface area contributed by atoms with Crippen LogP contribution in [0.4, 0.5) is 0 Å². The number of unbranched alkanes of at least 4 members (excludes halogenated alkanes) is 1. The Kier molecular flexibility index (Phi) is 6.45. The maximum absolute atomic E-state index is 11.8. The predicted molar refractivity (Wildman–Crippen MR) is 71.3 cm³/mol. The molecule has 1 aromatic heterocycles. The van der Waals surface area contributed by atoms with Crippen LogP contribution in [0.1, 0.15) is 30.1 Å². The number of aromatic nitrogens is 1. The first-order valence-electron chi connectivity index (χ1n) is 6.36. The van der Waals surface area contributed by atoms with Crippen molar-refractivity contribution in [2.45, 2.75) is 25.8 Å². The van der Waals surface area contributed by atoms with Crippen LogP contribution in [0.2, 0.25) is 0 Å². The third-order valence-corrected chi connectivity index (χ3v) is 2.58. The molecule has 0 aromatic carbocycles. The van der Waals surface area contributed by atoms with Crippen molar-refractivity contribution in [3.63, 3.8) is 0 Å². The first-order valence-corrected chi connectivity index (χ1v) is 6.36. The van der Waals surface area contributed by atoms with E-state index in [9.17, 15) is 14.4 Å². The second kappa shape index (κ2) is 8.11. The molecule has 1 heterocycles. The highest BCUT2D eigenvalue weighted by atomic mass is 16.5. The highest BCUT2D eigenvalue weighted by Gasteiger charge is 2.22. The number of aliphatic hydroxyl groups excluding tert-OH is 1. The summed E-state index contributed by atoms with van der Waals surface area (Å²) in [6.45, 7) is 1.58. The molecule has 1 amide bonds. The number of rotatable bonds is 7. The molecule has 0 saturated carbocycles. The van der Waals surface area contributed by atoms with Crippen molar-refractivity contribution in [2.24, 2.45) is 0 Å². The molecule has 0 aliphatic carbocycles. The largest absolute Gasteiger partial charge is 0.464 e. The molecule has 1 rings (SSSR count). The van der Waals surface area contributed by atoms with Gasteiger partial charge in [0.25, 0.3) is 11.5 Å². The molecule has 0 bridgehead atoms. The van der Waals surface area contributed by atoms with Gasteiger partial charge >= 0.3 is 5.97 Å². The van der Waals surface area contributed by atoms with Gasteiger partial charge in [-0.2, -0.15) is 0 Å². The van der Waals surface area contributed by atoms with Gasteiger partial charge in [-0.25, -0.2) is 4.79 Å². The topological polar surface area (TPSA) is 108 Å². The molecule has 7 heteroatoms. The zero-order valence-corrected chi connectivity index (χ0v) is 11.2. The number of hydrogen-bond acceptors (Lipinski definition) is 5. The van der Waals surface area contributed by atoms with E-state index in [0.29, 0.717) is 6.42 Å². The smallest absolute Gasteiger partial charge is 0.331 e. The van der Waals surface area contributed by atoms with E-state index >= 15 is 0 Å². The van der Waals surface area contributed by atoms with Crippen molar-refractivity contribution in [2.75, 3.05) is 13.2 Å². The predicted octanol–water partition coefficient (Wildman–Crippen LogP) is -0.191. The summed E-state index contributed by atoms with van der Waals surface area (Å²) in [6, 6.07) is 1.63. The number of pyridine rings is 1. The zero-order valence-electron chi connectivity index (χ0n) is 11.2. The summed E-state index contributed by atoms with van der Waals surface area (Å²) in [7, 11) is 0. The number of hydrogen-bond donors (Lipinski definition) is 3. The van der Waals surface area contributed by atoms with Crippen LogP contribution in [0.3, 0.4) is 0 Å². The second-order valence-electron chi connectivity index (χ2n) is 4.14. The normalized spacial score (nSPS) is 11.7. The van der Waals surface area contributed by atoms with E-state index in [1.54, 1.807) is 0 Å². The van der Waals surface area contributed by atoms with Crippen molar-refractivity contribution >= 4 is 11.9 Å². The Hall–Kier alpha value is -2.15. The molecule has 0 aliphatic rings. The van der Waals surface area contributed by atoms with Gasteiger partial charge in [0.05, 0.1) is 13.2 Å². The van der Waals surface area contributed by atoms with Crippen molar-refractivity contribution in [3.8, 4) is 0 Å². The van der Waals surface area contributed by atoms with Crippen molar-refractivity contribution in [3.05, 3.63) is 34.2 Å². The number of H-pyrrole nitrogens is 1. The number of carbonyl (C=O) groups is 2. The standard InChI is InChI=1S/C13H18N2O5/c1-2-3-7-20-13(19)10(8-16)15-12(18)9-5-4-6-14-11(9)17/h4-6,10,16H,2-3,7-8H2,1H3,(H,14,17)(H,15,18)/t10-/m0/s1. The summed E-state index contributed by atoms with van der Waals surface area (Å²) in [5.74, 6) is -1.46. The minimum absolute atomic E-state index is 0.132. The van der Waals surface area contributed by atoms with E-state index in [0.717, 1.165) is 6.42 Å². The fourth-order valence-electron chi connectivity index (χ4n) is 1.43. The highest BCUT2D eigenvalue weighted by molar-refractivity contribution is 5.96. The number of carbonyl (C=O) groups excluding carboxylic acids is 2. The summed E-state index contributed by atoms with van der Waals surface area (Å²) in [4.78, 5) is 37.2. The highest BCUT2D eigenvalue weighted by Crippen LogP contribution is 1.96. The molecule has 110 valence electrons. The van der Waals surface area contributed by atoms with E-state index < -0.39 is 30.1 Å². The lowest BCUT2D eigenvalue weighted by atomic mass is 10.2. The fourth-order valence-corrected chi connectivity index (χ4v) is 1.43. The van der Waals surface area contributed by atoms with Crippen LogP contribution in [0.5, 0.6) is 0 Å². The third-order valence-electron chi connectivity index (χ3n) is 2.58. The van der Waals surface area contributed by atoms with E-state index in [1.165, 1.54) is 18.3 Å². The summed E-state index contributed by atoms with van der Waals surface area (Å²) in [6.07, 6.45) is 2.96. The van der Waals surface area contributed by atoms with Gasteiger partial charge in [-0.1, -0.05) is 13.3 Å². The number of ether oxygens (including phenoxy) is 1. The molecule has 0 spiro atoms. The summed E-state index contributed by atoms with van der Waals surface area (Å²) >= 11 is 0. The molecule has 1 aromatic rings. The van der Waals surface area contributed by atoms with Crippen LogP contribution in [0.25, 0.3) is 0 Å². The van der Waals surface area contributed by atoms with Crippen molar-refractivity contribution in [1.82, 2.24) is 10.3 Å². The molecular weight excluding hydrogens is 264 g/mol. The molecule has 1 atom stereocenters. The van der Waals surface area contributed by atoms with Gasteiger partial charge in [0.2, 0.25) is 0 Å². The third kappa shape index (κ3) is 4.51. The number of aromatic amines is 1. The van der Waals surface area contributed by atoms with Gasteiger partial charge in [-0.05, 0) is 18.6 Å². The lowest BCUT2D eigenvalue weighted by molar-refractivity contribution is -0.147. The Morgan fingerprint density at radius 1 is 1.50 bits per heavy atom. The van der Waals surface area contributed by atoms with Crippen LogP contribution < -0.4 is 10.9 Å². The van der Waals surface area contributed by atoms with Crippen LogP contribution in [0.15, 0.2) is 23.1 Å². The maximum Gasteiger partial charge on any atom is 0.331 e. The molecule has 0 aliphatic heterocycles. The number of aliphatic hydroxyl groups is 1. The van der Waals surface area contributed by atoms with Gasteiger partial charge in [-0.3, -0.25) is 9.59 Å². The van der Waals surface area contributed by atoms with Crippen LogP contribution >= 0.6 is 0 Å². The quantitative estimate of drug-likeness (QED) is 0.474. The maximum atomic E-state index is 11.8. The van der Waals surface area contributed by atoms with Crippen LogP contribution in [-0.2, 0) is 9.53 Å². The van der Waals surface area contributed by atoms with Gasteiger partial charge in [0.1, 0.15) is 5.56 Å². The molecule has 0 radical (unpaired) electrons. The van der Waals surface area contributed by atoms with Crippen molar-refractivity contribution in [1.29, 1.82) is 0 Å². The van der Waals surface area contributed by atoms with Crippen molar-refractivity contribution < 1.29 is 19.4 Å². The summed E-state index contributed by atoms with van der Waals surface area (Å²) in [5.41, 5.74) is -0.701. The van der Waals surface area contributed by atoms with E-state index in [-0.39, 0.29) is 12.2 Å². The first kappa shape index (κ1) is 15.9. The molecule has 0 unspecified atom stereocenters. The lowest BCUT2D eigenvalue weighted by Crippen LogP contribution is -2.45. The Bertz CT molecular complexity index is 511. The van der Waals surface area contributed by atoms with Gasteiger partial charge < -0.3 is 20.1 Å². The number of esters is 1. The minimum Gasteiger partial charge on any atom is -0.464 e. The summed E-state index contributed by atoms with van der Waals surface area (Å²) < 4.78 is 4.90. The molecule has 0 saturated heterocycles. The fraction of sp³-hybridized carbons (Fsp3) is 0.462. The molecule has 3 N–H and O–H groups in total. The SMILES string of the molecule is CCCCOC(=O)[C@H](CO)NC(=O)c1ccc[nH]c1=O. The van der Waals surface area contributed by atoms with E-state index in [4.69, 9.17) is 9.84 Å². The van der Waals surface area contributed by atoms with Gasteiger partial charge in [0, 0.05) is 6.20 Å². The van der Waals surface area contributed by atoms with Crippen LogP contribution in [-0.4, -0.2) is 41.2 Å². The summed E-state index contributed by atoms with van der Waals surface area (Å²) in [5, 5.41) is 11.4. The molecule has 0 fully saturated rings. The minimum atomic E-state index is -1.18. The Morgan fingerprint density at radius 2 is 2.25 bits per heavy atom. The number of amides is 1. The Morgan fingerprint density at radius 3 is 2.85 bits per heavy atom. The molecular formula is C13H18N2O5. The van der Waals surface area contributed by atoms with Gasteiger partial charge in [-0.15, -0.1) is 0 Å². The average molecular weight is 282 g/mol. The number of nitrogens with one attached hydrogen (secondary N) is 2. The van der Waals surface area contributed by atoms with Crippen LogP contribution in [0, 0.1) is 0 Å². The van der Waals surface area contributed by atoms with E-state index in [1.807, 2.05) is 6.92 Å². The zero-order chi connectivity index (χ0) is 15.0. The molecule has 20 heavy (non-hydrogen) atoms. The average Bonchev–Trinajstić information content (AvgIpc) is 2.45. The Labute approximate surface area is 116 Å². The Balaban J connectivity index is 2.64. The van der Waals surface area contributed by atoms with E-state index in [2.05, 4.69) is 10.3 Å². The van der Waals surface area contributed by atoms with Gasteiger partial charge in [0.15, 0.2) is 6.04 Å². The second-order valence-corrected chi connectivity index (χ2v) is 4.14. The first-order chi connectivity index (χ1) is 9.60.